The molecule has 3 rings (SSSR count). The molecule has 1 saturated heterocycles. The maximum absolute atomic E-state index is 4.65. The van der Waals surface area contributed by atoms with Crippen LogP contribution < -0.4 is 10.2 Å². The minimum atomic E-state index is 0.731. The summed E-state index contributed by atoms with van der Waals surface area (Å²) in [6, 6.07) is 8.41. The number of hydrogen-bond acceptors (Lipinski definition) is 4. The van der Waals surface area contributed by atoms with E-state index in [0.717, 1.165) is 42.2 Å². The molecule has 4 heteroatoms. The van der Waals surface area contributed by atoms with E-state index in [2.05, 4.69) is 65.2 Å². The highest BCUT2D eigenvalue weighted by molar-refractivity contribution is 5.66. The van der Waals surface area contributed by atoms with Gasteiger partial charge in [-0.15, -0.1) is 0 Å². The third-order valence-corrected chi connectivity index (χ3v) is 4.54. The van der Waals surface area contributed by atoms with Crippen molar-refractivity contribution in [2.75, 3.05) is 23.3 Å². The van der Waals surface area contributed by atoms with E-state index < -0.39 is 0 Å². The molecule has 1 aromatic heterocycles. The van der Waals surface area contributed by atoms with Crippen LogP contribution in [0.4, 0.5) is 17.3 Å². The van der Waals surface area contributed by atoms with Crippen molar-refractivity contribution in [3.05, 3.63) is 41.2 Å². The molecule has 0 spiro atoms. The van der Waals surface area contributed by atoms with Crippen molar-refractivity contribution in [3.63, 3.8) is 0 Å². The van der Waals surface area contributed by atoms with Gasteiger partial charge in [0.1, 0.15) is 17.5 Å². The summed E-state index contributed by atoms with van der Waals surface area (Å²) in [5, 5.41) is 3.49. The molecule has 0 radical (unpaired) electrons. The summed E-state index contributed by atoms with van der Waals surface area (Å²) in [5.41, 5.74) is 3.60. The van der Waals surface area contributed by atoms with Crippen LogP contribution in [0.25, 0.3) is 0 Å². The number of nitrogens with one attached hydrogen (secondary N) is 1. The first-order chi connectivity index (χ1) is 11.0. The van der Waals surface area contributed by atoms with Crippen LogP contribution in [0.5, 0.6) is 0 Å². The summed E-state index contributed by atoms with van der Waals surface area (Å²) in [7, 11) is 0. The second-order valence-electron chi connectivity index (χ2n) is 6.74. The van der Waals surface area contributed by atoms with Gasteiger partial charge in [0, 0.05) is 24.8 Å². The van der Waals surface area contributed by atoms with Gasteiger partial charge in [-0.25, -0.2) is 9.97 Å². The van der Waals surface area contributed by atoms with Crippen LogP contribution in [0.3, 0.4) is 0 Å². The second kappa shape index (κ2) is 6.57. The van der Waals surface area contributed by atoms with Crippen LogP contribution in [0.2, 0.25) is 0 Å². The number of rotatable bonds is 3. The predicted octanol–water partition coefficient (Wildman–Crippen LogP) is 4.38. The molecule has 4 nitrogen and oxygen atoms in total. The predicted molar refractivity (Wildman–Crippen MR) is 96.6 cm³/mol. The summed E-state index contributed by atoms with van der Waals surface area (Å²) in [4.78, 5) is 11.6. The van der Waals surface area contributed by atoms with Crippen LogP contribution in [0, 0.1) is 26.7 Å². The van der Waals surface area contributed by atoms with Gasteiger partial charge < -0.3 is 10.2 Å². The van der Waals surface area contributed by atoms with E-state index in [-0.39, 0.29) is 0 Å². The van der Waals surface area contributed by atoms with Crippen molar-refractivity contribution in [2.24, 2.45) is 5.92 Å². The van der Waals surface area contributed by atoms with Gasteiger partial charge in [-0.3, -0.25) is 0 Å². The van der Waals surface area contributed by atoms with Gasteiger partial charge in [-0.1, -0.05) is 25.1 Å². The van der Waals surface area contributed by atoms with E-state index in [1.54, 1.807) is 0 Å². The third-order valence-electron chi connectivity index (χ3n) is 4.54. The Morgan fingerprint density at radius 1 is 1.13 bits per heavy atom. The number of nitrogens with zero attached hydrogens (tertiary/aromatic N) is 3. The highest BCUT2D eigenvalue weighted by Crippen LogP contribution is 2.27. The van der Waals surface area contributed by atoms with Crippen molar-refractivity contribution in [1.29, 1.82) is 0 Å². The number of aryl methyl sites for hydroxylation is 3. The number of aromatic nitrogens is 2. The molecule has 1 aliphatic rings. The summed E-state index contributed by atoms with van der Waals surface area (Å²) in [6.45, 7) is 10.7. The van der Waals surface area contributed by atoms with Crippen LogP contribution in [-0.2, 0) is 0 Å². The van der Waals surface area contributed by atoms with E-state index >= 15 is 0 Å². The van der Waals surface area contributed by atoms with Crippen LogP contribution in [0.1, 0.15) is 36.7 Å². The first-order valence-electron chi connectivity index (χ1n) is 8.47. The molecule has 0 aliphatic carbocycles. The zero-order valence-corrected chi connectivity index (χ0v) is 14.6. The molecule has 1 N–H and O–H groups in total. The Balaban J connectivity index is 1.88. The highest BCUT2D eigenvalue weighted by atomic mass is 15.2. The quantitative estimate of drug-likeness (QED) is 0.913. The van der Waals surface area contributed by atoms with Gasteiger partial charge in [0.2, 0.25) is 0 Å². The first-order valence-corrected chi connectivity index (χ1v) is 8.47. The Morgan fingerprint density at radius 2 is 1.87 bits per heavy atom. The number of benzene rings is 1. The molecule has 1 aromatic carbocycles. The molecule has 1 atom stereocenters. The van der Waals surface area contributed by atoms with E-state index in [0.29, 0.717) is 0 Å². The van der Waals surface area contributed by atoms with Crippen molar-refractivity contribution in [1.82, 2.24) is 9.97 Å². The van der Waals surface area contributed by atoms with Crippen LogP contribution >= 0.6 is 0 Å². The summed E-state index contributed by atoms with van der Waals surface area (Å²) in [5.74, 6) is 3.46. The van der Waals surface area contributed by atoms with Crippen molar-refractivity contribution in [2.45, 2.75) is 40.5 Å². The van der Waals surface area contributed by atoms with Crippen LogP contribution in [0.15, 0.2) is 24.3 Å². The average molecular weight is 310 g/mol. The van der Waals surface area contributed by atoms with Crippen molar-refractivity contribution in [3.8, 4) is 0 Å². The lowest BCUT2D eigenvalue weighted by atomic mass is 10.0. The van der Waals surface area contributed by atoms with Gasteiger partial charge >= 0.3 is 0 Å². The standard InChI is InChI=1S/C19H26N4/c1-13-7-6-10-23(12-13)18-11-17(20-16(4)21-18)22-19-14(2)8-5-9-15(19)3/h5,8-9,11,13H,6-7,10,12H2,1-4H3,(H,20,21,22). The highest BCUT2D eigenvalue weighted by Gasteiger charge is 2.18. The minimum Gasteiger partial charge on any atom is -0.356 e. The lowest BCUT2D eigenvalue weighted by Gasteiger charge is -2.32. The lowest BCUT2D eigenvalue weighted by molar-refractivity contribution is 0.444. The molecule has 2 heterocycles. The van der Waals surface area contributed by atoms with E-state index in [1.807, 2.05) is 6.92 Å². The molecule has 0 amide bonds. The molecular weight excluding hydrogens is 284 g/mol. The summed E-state index contributed by atoms with van der Waals surface area (Å²) >= 11 is 0. The molecular formula is C19H26N4. The minimum absolute atomic E-state index is 0.731. The van der Waals surface area contributed by atoms with Gasteiger partial charge in [0.15, 0.2) is 0 Å². The maximum Gasteiger partial charge on any atom is 0.136 e. The molecule has 0 saturated carbocycles. The monoisotopic (exact) mass is 310 g/mol. The zero-order chi connectivity index (χ0) is 16.4. The fourth-order valence-corrected chi connectivity index (χ4v) is 3.32. The average Bonchev–Trinajstić information content (AvgIpc) is 2.51. The Labute approximate surface area is 139 Å². The molecule has 23 heavy (non-hydrogen) atoms. The lowest BCUT2D eigenvalue weighted by Crippen LogP contribution is -2.35. The molecule has 1 unspecified atom stereocenters. The SMILES string of the molecule is Cc1nc(Nc2c(C)cccc2C)cc(N2CCCC(C)C2)n1. The van der Waals surface area contributed by atoms with Gasteiger partial charge in [0.05, 0.1) is 0 Å². The maximum atomic E-state index is 4.65. The molecule has 1 aliphatic heterocycles. The zero-order valence-electron chi connectivity index (χ0n) is 14.6. The normalized spacial score (nSPS) is 18.1. The third kappa shape index (κ3) is 3.63. The Bertz CT molecular complexity index is 676. The topological polar surface area (TPSA) is 41.1 Å². The van der Waals surface area contributed by atoms with Crippen LogP contribution in [-0.4, -0.2) is 23.1 Å². The number of piperidine rings is 1. The summed E-state index contributed by atoms with van der Waals surface area (Å²) in [6.07, 6.45) is 2.55. The Hall–Kier alpha value is -2.10. The van der Waals surface area contributed by atoms with E-state index in [9.17, 15) is 0 Å². The molecule has 122 valence electrons. The largest absolute Gasteiger partial charge is 0.356 e. The number of hydrogen-bond donors (Lipinski definition) is 1. The molecule has 0 bridgehead atoms. The second-order valence-corrected chi connectivity index (χ2v) is 6.74. The number of para-hydroxylation sites is 1. The fraction of sp³-hybridized carbons (Fsp3) is 0.474. The van der Waals surface area contributed by atoms with Gasteiger partial charge in [0.25, 0.3) is 0 Å². The first kappa shape index (κ1) is 15.8. The fourth-order valence-electron chi connectivity index (χ4n) is 3.32. The molecule has 1 fully saturated rings. The van der Waals surface area contributed by atoms with Gasteiger partial charge in [-0.05, 0) is 50.7 Å². The number of anilines is 3. The van der Waals surface area contributed by atoms with E-state index in [4.69, 9.17) is 0 Å². The van der Waals surface area contributed by atoms with Crippen molar-refractivity contribution >= 4 is 17.3 Å². The van der Waals surface area contributed by atoms with Crippen molar-refractivity contribution < 1.29 is 0 Å². The van der Waals surface area contributed by atoms with Gasteiger partial charge in [-0.2, -0.15) is 0 Å². The summed E-state index contributed by atoms with van der Waals surface area (Å²) < 4.78 is 0. The Morgan fingerprint density at radius 3 is 2.57 bits per heavy atom. The Kier molecular flexibility index (Phi) is 4.51. The smallest absolute Gasteiger partial charge is 0.136 e. The van der Waals surface area contributed by atoms with E-state index in [1.165, 1.54) is 24.0 Å². The molecule has 2 aromatic rings.